The lowest BCUT2D eigenvalue weighted by Gasteiger charge is -2.42. The molecule has 0 spiro atoms. The highest BCUT2D eigenvalue weighted by Gasteiger charge is 2.43. The van der Waals surface area contributed by atoms with Crippen molar-refractivity contribution in [2.24, 2.45) is 5.41 Å². The summed E-state index contributed by atoms with van der Waals surface area (Å²) >= 11 is 2.05. The zero-order valence-electron chi connectivity index (χ0n) is 15.1. The maximum absolute atomic E-state index is 12.7. The lowest BCUT2D eigenvalue weighted by molar-refractivity contribution is -0.160. The van der Waals surface area contributed by atoms with Gasteiger partial charge in [0.15, 0.2) is 0 Å². The second-order valence-corrected chi connectivity index (χ2v) is 8.12. The van der Waals surface area contributed by atoms with Crippen LogP contribution in [-0.2, 0) is 9.53 Å². The van der Waals surface area contributed by atoms with Crippen molar-refractivity contribution in [2.45, 2.75) is 38.6 Å². The van der Waals surface area contributed by atoms with E-state index in [-0.39, 0.29) is 11.4 Å². The van der Waals surface area contributed by atoms with E-state index in [1.807, 2.05) is 49.0 Å². The maximum Gasteiger partial charge on any atom is 0.312 e. The van der Waals surface area contributed by atoms with Gasteiger partial charge in [-0.15, -0.1) is 0 Å². The summed E-state index contributed by atoms with van der Waals surface area (Å²) in [5.74, 6) is 3.34. The number of esters is 1. The molecule has 0 saturated carbocycles. The van der Waals surface area contributed by atoms with Crippen molar-refractivity contribution in [3.63, 3.8) is 0 Å². The Morgan fingerprint density at radius 1 is 1.28 bits per heavy atom. The third kappa shape index (κ3) is 4.70. The zero-order chi connectivity index (χ0) is 17.5. The zero-order valence-corrected chi connectivity index (χ0v) is 15.9. The molecular formula is C20H29NO3S. The highest BCUT2D eigenvalue weighted by molar-refractivity contribution is 7.99. The Morgan fingerprint density at radius 2 is 2.04 bits per heavy atom. The molecule has 2 heterocycles. The molecule has 25 heavy (non-hydrogen) atoms. The van der Waals surface area contributed by atoms with Gasteiger partial charge in [0, 0.05) is 11.8 Å². The molecule has 2 aliphatic rings. The highest BCUT2D eigenvalue weighted by Crippen LogP contribution is 2.38. The van der Waals surface area contributed by atoms with Crippen LogP contribution in [0.5, 0.6) is 5.75 Å². The molecule has 4 nitrogen and oxygen atoms in total. The number of para-hydroxylation sites is 1. The van der Waals surface area contributed by atoms with Crippen molar-refractivity contribution in [2.75, 3.05) is 37.8 Å². The number of likely N-dealkylation sites (tertiary alicyclic amines) is 1. The van der Waals surface area contributed by atoms with Gasteiger partial charge < -0.3 is 9.47 Å². The summed E-state index contributed by atoms with van der Waals surface area (Å²) in [5, 5.41) is 0. The minimum atomic E-state index is -0.382. The van der Waals surface area contributed by atoms with Crippen LogP contribution in [0.15, 0.2) is 30.3 Å². The highest BCUT2D eigenvalue weighted by atomic mass is 32.2. The predicted octanol–water partition coefficient (Wildman–Crippen LogP) is 3.61. The number of carbonyl (C=O) groups is 1. The molecular weight excluding hydrogens is 334 g/mol. The van der Waals surface area contributed by atoms with Gasteiger partial charge in [0.05, 0.1) is 18.6 Å². The number of ether oxygens (including phenoxy) is 2. The van der Waals surface area contributed by atoms with E-state index in [4.69, 9.17) is 9.47 Å². The van der Waals surface area contributed by atoms with E-state index in [9.17, 15) is 4.79 Å². The summed E-state index contributed by atoms with van der Waals surface area (Å²) < 4.78 is 11.3. The summed E-state index contributed by atoms with van der Waals surface area (Å²) in [5.41, 5.74) is -0.382. The van der Waals surface area contributed by atoms with Gasteiger partial charge in [0.2, 0.25) is 0 Å². The van der Waals surface area contributed by atoms with Crippen molar-refractivity contribution < 1.29 is 14.3 Å². The number of rotatable bonds is 7. The van der Waals surface area contributed by atoms with Crippen molar-refractivity contribution in [3.8, 4) is 5.75 Å². The molecule has 1 aromatic carbocycles. The van der Waals surface area contributed by atoms with Crippen LogP contribution >= 0.6 is 11.8 Å². The van der Waals surface area contributed by atoms with Crippen LogP contribution in [0.4, 0.5) is 0 Å². The van der Waals surface area contributed by atoms with E-state index in [1.54, 1.807) is 0 Å². The maximum atomic E-state index is 12.7. The molecule has 0 aliphatic carbocycles. The quantitative estimate of drug-likeness (QED) is 0.692. The fourth-order valence-corrected chi connectivity index (χ4v) is 5.10. The van der Waals surface area contributed by atoms with Crippen LogP contribution in [0.3, 0.4) is 0 Å². The topological polar surface area (TPSA) is 38.8 Å². The standard InChI is InChI=1S/C20H29NO3S/c1-2-23-19(22)20(11-14-24-18-6-4-3-5-7-18)9-12-21(13-10-20)17-8-15-25-16-17/h3-7,17H,2,8-16H2,1H3/t17-/m0/s1. The largest absolute Gasteiger partial charge is 0.494 e. The SMILES string of the molecule is CCOC(=O)C1(CCOc2ccccc2)CCN([C@H]2CCSC2)CC1. The van der Waals surface area contributed by atoms with Gasteiger partial charge in [0.1, 0.15) is 5.75 Å². The van der Waals surface area contributed by atoms with Crippen LogP contribution in [0.25, 0.3) is 0 Å². The molecule has 138 valence electrons. The molecule has 0 N–H and O–H groups in total. The Kier molecular flexibility index (Phi) is 6.65. The van der Waals surface area contributed by atoms with Crippen molar-refractivity contribution in [1.29, 1.82) is 0 Å². The number of carbonyl (C=O) groups excluding carboxylic acids is 1. The normalized spacial score (nSPS) is 23.3. The van der Waals surface area contributed by atoms with Crippen molar-refractivity contribution in [1.82, 2.24) is 4.90 Å². The molecule has 0 amide bonds. The molecule has 0 bridgehead atoms. The number of hydrogen-bond donors (Lipinski definition) is 0. The smallest absolute Gasteiger partial charge is 0.312 e. The number of nitrogens with zero attached hydrogens (tertiary/aromatic N) is 1. The predicted molar refractivity (Wildman–Crippen MR) is 102 cm³/mol. The molecule has 0 radical (unpaired) electrons. The van der Waals surface area contributed by atoms with E-state index < -0.39 is 0 Å². The molecule has 1 aromatic rings. The molecule has 3 rings (SSSR count). The van der Waals surface area contributed by atoms with Crippen molar-refractivity contribution >= 4 is 17.7 Å². The van der Waals surface area contributed by atoms with Gasteiger partial charge in [0.25, 0.3) is 0 Å². The fourth-order valence-electron chi connectivity index (χ4n) is 3.85. The lowest BCUT2D eigenvalue weighted by atomic mass is 9.75. The molecule has 1 atom stereocenters. The molecule has 0 aromatic heterocycles. The van der Waals surface area contributed by atoms with Crippen LogP contribution in [0.2, 0.25) is 0 Å². The second kappa shape index (κ2) is 8.95. The Balaban J connectivity index is 1.58. The Bertz CT molecular complexity index is 537. The van der Waals surface area contributed by atoms with Crippen LogP contribution < -0.4 is 4.74 Å². The molecule has 2 fully saturated rings. The first-order valence-electron chi connectivity index (χ1n) is 9.40. The van der Waals surface area contributed by atoms with E-state index >= 15 is 0 Å². The summed E-state index contributed by atoms with van der Waals surface area (Å²) in [6, 6.07) is 10.5. The van der Waals surface area contributed by atoms with Gasteiger partial charge in [-0.1, -0.05) is 18.2 Å². The molecule has 0 unspecified atom stereocenters. The van der Waals surface area contributed by atoms with Crippen LogP contribution in [-0.4, -0.2) is 54.7 Å². The average molecular weight is 364 g/mol. The first kappa shape index (κ1) is 18.6. The van der Waals surface area contributed by atoms with Gasteiger partial charge in [-0.3, -0.25) is 9.69 Å². The van der Waals surface area contributed by atoms with Gasteiger partial charge in [-0.05, 0) is 63.6 Å². The van der Waals surface area contributed by atoms with Crippen molar-refractivity contribution in [3.05, 3.63) is 30.3 Å². The first-order chi connectivity index (χ1) is 12.2. The fraction of sp³-hybridized carbons (Fsp3) is 0.650. The Morgan fingerprint density at radius 3 is 2.68 bits per heavy atom. The van der Waals surface area contributed by atoms with Gasteiger partial charge >= 0.3 is 5.97 Å². The van der Waals surface area contributed by atoms with E-state index in [1.165, 1.54) is 17.9 Å². The summed E-state index contributed by atoms with van der Waals surface area (Å²) in [7, 11) is 0. The summed E-state index contributed by atoms with van der Waals surface area (Å²) in [6.45, 7) is 4.88. The Hall–Kier alpha value is -1.20. The molecule has 2 aliphatic heterocycles. The number of benzene rings is 1. The number of hydrogen-bond acceptors (Lipinski definition) is 5. The molecule has 2 saturated heterocycles. The van der Waals surface area contributed by atoms with Gasteiger partial charge in [-0.25, -0.2) is 0 Å². The minimum absolute atomic E-state index is 0.0351. The average Bonchev–Trinajstić information content (AvgIpc) is 3.18. The number of piperidine rings is 1. The Labute approximate surface area is 155 Å². The third-order valence-corrected chi connectivity index (χ3v) is 6.62. The van der Waals surface area contributed by atoms with Gasteiger partial charge in [-0.2, -0.15) is 11.8 Å². The van der Waals surface area contributed by atoms with E-state index in [0.717, 1.165) is 38.1 Å². The summed E-state index contributed by atoms with van der Waals surface area (Å²) in [4.78, 5) is 15.3. The number of thioether (sulfide) groups is 1. The first-order valence-corrected chi connectivity index (χ1v) is 10.6. The monoisotopic (exact) mass is 363 g/mol. The lowest BCUT2D eigenvalue weighted by Crippen LogP contribution is -2.49. The second-order valence-electron chi connectivity index (χ2n) is 6.97. The van der Waals surface area contributed by atoms with E-state index in [0.29, 0.717) is 19.3 Å². The summed E-state index contributed by atoms with van der Waals surface area (Å²) in [6.07, 6.45) is 3.78. The molecule has 5 heteroatoms. The van der Waals surface area contributed by atoms with Crippen LogP contribution in [0, 0.1) is 5.41 Å². The van der Waals surface area contributed by atoms with Crippen LogP contribution in [0.1, 0.15) is 32.6 Å². The third-order valence-electron chi connectivity index (χ3n) is 5.48. The minimum Gasteiger partial charge on any atom is -0.494 e. The van der Waals surface area contributed by atoms with E-state index in [2.05, 4.69) is 4.90 Å².